The Bertz CT molecular complexity index is 1150. The van der Waals surface area contributed by atoms with Crippen molar-refractivity contribution in [2.24, 2.45) is 0 Å². The summed E-state index contributed by atoms with van der Waals surface area (Å²) in [5.41, 5.74) is 1.88. The number of carbonyl (C=O) groups excluding carboxylic acids is 1. The van der Waals surface area contributed by atoms with Gasteiger partial charge >= 0.3 is 5.69 Å². The van der Waals surface area contributed by atoms with E-state index in [1.54, 1.807) is 13.0 Å². The predicted molar refractivity (Wildman–Crippen MR) is 103 cm³/mol. The highest BCUT2D eigenvalue weighted by Crippen LogP contribution is 2.40. The van der Waals surface area contributed by atoms with E-state index < -0.39 is 11.2 Å². The SMILES string of the molecule is CCn1c(=O)[nH]c(=O)c2c(C(=O)Nc3ccc(C)cc3)cc(C3CC3)nc21. The number of nitrogens with zero attached hydrogens (tertiary/aromatic N) is 2. The number of aromatic amines is 1. The van der Waals surface area contributed by atoms with Crippen LogP contribution in [0, 0.1) is 6.92 Å². The van der Waals surface area contributed by atoms with Crippen LogP contribution >= 0.6 is 0 Å². The summed E-state index contributed by atoms with van der Waals surface area (Å²) < 4.78 is 1.39. The third kappa shape index (κ3) is 3.16. The fourth-order valence-corrected chi connectivity index (χ4v) is 3.19. The second-order valence-electron chi connectivity index (χ2n) is 6.89. The number of amides is 1. The normalized spacial score (nSPS) is 13.7. The Balaban J connectivity index is 1.90. The maximum Gasteiger partial charge on any atom is 0.329 e. The lowest BCUT2D eigenvalue weighted by atomic mass is 10.1. The van der Waals surface area contributed by atoms with Gasteiger partial charge in [-0.1, -0.05) is 17.7 Å². The first-order valence-electron chi connectivity index (χ1n) is 9.03. The second kappa shape index (κ2) is 6.50. The van der Waals surface area contributed by atoms with Gasteiger partial charge in [0.1, 0.15) is 0 Å². The van der Waals surface area contributed by atoms with Crippen LogP contribution in [0.15, 0.2) is 39.9 Å². The van der Waals surface area contributed by atoms with Crippen molar-refractivity contribution < 1.29 is 4.79 Å². The lowest BCUT2D eigenvalue weighted by Crippen LogP contribution is -2.32. The Morgan fingerprint density at radius 2 is 1.96 bits per heavy atom. The van der Waals surface area contributed by atoms with Gasteiger partial charge in [0.15, 0.2) is 5.65 Å². The zero-order chi connectivity index (χ0) is 19.1. The van der Waals surface area contributed by atoms with E-state index in [0.717, 1.165) is 24.1 Å². The van der Waals surface area contributed by atoms with Gasteiger partial charge in [-0.25, -0.2) is 9.78 Å². The van der Waals surface area contributed by atoms with Crippen molar-refractivity contribution in [1.82, 2.24) is 14.5 Å². The molecular formula is C20H20N4O3. The van der Waals surface area contributed by atoms with Gasteiger partial charge in [-0.05, 0) is 44.9 Å². The van der Waals surface area contributed by atoms with Crippen LogP contribution in [-0.2, 0) is 6.54 Å². The smallest absolute Gasteiger partial charge is 0.322 e. The minimum Gasteiger partial charge on any atom is -0.322 e. The number of rotatable bonds is 4. The van der Waals surface area contributed by atoms with E-state index in [9.17, 15) is 14.4 Å². The maximum absolute atomic E-state index is 13.0. The molecule has 1 aliphatic rings. The molecule has 4 rings (SSSR count). The molecule has 2 aromatic heterocycles. The molecule has 2 heterocycles. The molecule has 0 radical (unpaired) electrons. The van der Waals surface area contributed by atoms with Crippen molar-refractivity contribution >= 4 is 22.6 Å². The first-order chi connectivity index (χ1) is 13.0. The topological polar surface area (TPSA) is 96.9 Å². The van der Waals surface area contributed by atoms with Crippen molar-refractivity contribution in [3.63, 3.8) is 0 Å². The summed E-state index contributed by atoms with van der Waals surface area (Å²) in [4.78, 5) is 44.5. The number of anilines is 1. The third-order valence-electron chi connectivity index (χ3n) is 4.83. The zero-order valence-corrected chi connectivity index (χ0v) is 15.2. The van der Waals surface area contributed by atoms with Gasteiger partial charge in [-0.15, -0.1) is 0 Å². The molecule has 0 atom stereocenters. The van der Waals surface area contributed by atoms with E-state index in [4.69, 9.17) is 0 Å². The van der Waals surface area contributed by atoms with E-state index in [-0.39, 0.29) is 28.4 Å². The molecule has 1 fully saturated rings. The predicted octanol–water partition coefficient (Wildman–Crippen LogP) is 2.54. The number of pyridine rings is 1. The number of hydrogen-bond donors (Lipinski definition) is 2. The standard InChI is InChI=1S/C20H20N4O3/c1-3-24-17-16(19(26)23-20(24)27)14(10-15(22-17)12-6-7-12)18(25)21-13-8-4-11(2)5-9-13/h4-5,8-10,12H,3,6-7H2,1-2H3,(H,21,25)(H,23,26,27). The Morgan fingerprint density at radius 3 is 2.59 bits per heavy atom. The molecule has 0 spiro atoms. The van der Waals surface area contributed by atoms with Crippen molar-refractivity contribution in [3.8, 4) is 0 Å². The molecule has 1 aromatic carbocycles. The van der Waals surface area contributed by atoms with E-state index in [0.29, 0.717) is 12.2 Å². The molecule has 1 aliphatic carbocycles. The van der Waals surface area contributed by atoms with Gasteiger partial charge in [0.2, 0.25) is 0 Å². The first kappa shape index (κ1) is 17.2. The molecule has 0 unspecified atom stereocenters. The molecule has 2 N–H and O–H groups in total. The minimum absolute atomic E-state index is 0.144. The highest BCUT2D eigenvalue weighted by atomic mass is 16.2. The van der Waals surface area contributed by atoms with E-state index >= 15 is 0 Å². The molecule has 1 saturated carbocycles. The van der Waals surface area contributed by atoms with Crippen LogP contribution in [-0.4, -0.2) is 20.4 Å². The summed E-state index contributed by atoms with van der Waals surface area (Å²) in [5, 5.41) is 2.98. The largest absolute Gasteiger partial charge is 0.329 e. The maximum atomic E-state index is 13.0. The third-order valence-corrected chi connectivity index (χ3v) is 4.83. The van der Waals surface area contributed by atoms with Gasteiger partial charge < -0.3 is 5.32 Å². The molecule has 0 bridgehead atoms. The second-order valence-corrected chi connectivity index (χ2v) is 6.89. The summed E-state index contributed by atoms with van der Waals surface area (Å²) in [7, 11) is 0. The van der Waals surface area contributed by atoms with Crippen LogP contribution in [0.2, 0.25) is 0 Å². The fraction of sp³-hybridized carbons (Fsp3) is 0.300. The highest BCUT2D eigenvalue weighted by Gasteiger charge is 2.28. The quantitative estimate of drug-likeness (QED) is 0.743. The summed E-state index contributed by atoms with van der Waals surface area (Å²) in [6, 6.07) is 9.10. The monoisotopic (exact) mass is 364 g/mol. The van der Waals surface area contributed by atoms with Crippen molar-refractivity contribution in [2.75, 3.05) is 5.32 Å². The Kier molecular flexibility index (Phi) is 4.14. The number of carbonyl (C=O) groups is 1. The summed E-state index contributed by atoms with van der Waals surface area (Å²) in [5.74, 6) is -0.111. The van der Waals surface area contributed by atoms with E-state index in [1.165, 1.54) is 4.57 Å². The molecule has 7 heteroatoms. The molecule has 0 aliphatic heterocycles. The van der Waals surface area contributed by atoms with Gasteiger partial charge in [0.05, 0.1) is 10.9 Å². The molecule has 27 heavy (non-hydrogen) atoms. The molecular weight excluding hydrogens is 344 g/mol. The Morgan fingerprint density at radius 1 is 1.26 bits per heavy atom. The van der Waals surface area contributed by atoms with Crippen LogP contribution in [0.4, 0.5) is 5.69 Å². The molecule has 1 amide bonds. The molecule has 3 aromatic rings. The van der Waals surface area contributed by atoms with Crippen LogP contribution in [0.3, 0.4) is 0 Å². The van der Waals surface area contributed by atoms with Crippen molar-refractivity contribution in [3.05, 3.63) is 68.0 Å². The van der Waals surface area contributed by atoms with Gasteiger partial charge in [0.25, 0.3) is 11.5 Å². The van der Waals surface area contributed by atoms with Gasteiger partial charge in [-0.2, -0.15) is 0 Å². The van der Waals surface area contributed by atoms with E-state index in [1.807, 2.05) is 31.2 Å². The average molecular weight is 364 g/mol. The average Bonchev–Trinajstić information content (AvgIpc) is 3.48. The lowest BCUT2D eigenvalue weighted by molar-refractivity contribution is 0.102. The van der Waals surface area contributed by atoms with E-state index in [2.05, 4.69) is 15.3 Å². The van der Waals surface area contributed by atoms with Gasteiger partial charge in [-0.3, -0.25) is 19.1 Å². The van der Waals surface area contributed by atoms with Crippen molar-refractivity contribution in [1.29, 1.82) is 0 Å². The van der Waals surface area contributed by atoms with Crippen LogP contribution in [0.1, 0.15) is 47.3 Å². The number of hydrogen-bond acceptors (Lipinski definition) is 4. The number of fused-ring (bicyclic) bond motifs is 1. The highest BCUT2D eigenvalue weighted by molar-refractivity contribution is 6.11. The number of H-pyrrole nitrogens is 1. The number of aryl methyl sites for hydroxylation is 2. The summed E-state index contributed by atoms with van der Waals surface area (Å²) >= 11 is 0. The number of aromatic nitrogens is 3. The fourth-order valence-electron chi connectivity index (χ4n) is 3.19. The van der Waals surface area contributed by atoms with Gasteiger partial charge in [0, 0.05) is 23.8 Å². The summed E-state index contributed by atoms with van der Waals surface area (Å²) in [6.07, 6.45) is 1.99. The lowest BCUT2D eigenvalue weighted by Gasteiger charge is -2.12. The van der Waals surface area contributed by atoms with Crippen LogP contribution < -0.4 is 16.6 Å². The number of nitrogens with one attached hydrogen (secondary N) is 2. The van der Waals surface area contributed by atoms with Crippen molar-refractivity contribution in [2.45, 2.75) is 39.2 Å². The minimum atomic E-state index is -0.594. The Hall–Kier alpha value is -3.22. The van der Waals surface area contributed by atoms with Crippen LogP contribution in [0.25, 0.3) is 11.0 Å². The molecule has 138 valence electrons. The number of benzene rings is 1. The molecule has 7 nitrogen and oxygen atoms in total. The van der Waals surface area contributed by atoms with Crippen LogP contribution in [0.5, 0.6) is 0 Å². The Labute approximate surface area is 155 Å². The first-order valence-corrected chi connectivity index (χ1v) is 9.03. The molecule has 0 saturated heterocycles. The zero-order valence-electron chi connectivity index (χ0n) is 15.2. The summed E-state index contributed by atoms with van der Waals surface area (Å²) in [6.45, 7) is 4.12.